The zero-order chi connectivity index (χ0) is 8.10. The predicted octanol–water partition coefficient (Wildman–Crippen LogP) is 1.78. The Labute approximate surface area is 70.6 Å². The average molecular weight is 167 g/mol. The molecule has 1 heterocycles. The number of pyridine rings is 1. The molecule has 0 amide bonds. The van der Waals surface area contributed by atoms with Gasteiger partial charge in [-0.15, -0.1) is 6.42 Å². The van der Waals surface area contributed by atoms with Crippen molar-refractivity contribution >= 4 is 17.4 Å². The Kier molecular flexibility index (Phi) is 2.76. The zero-order valence-electron chi connectivity index (χ0n) is 5.84. The second-order valence-electron chi connectivity index (χ2n) is 1.90. The third kappa shape index (κ3) is 2.48. The van der Waals surface area contributed by atoms with Crippen LogP contribution < -0.4 is 5.32 Å². The van der Waals surface area contributed by atoms with Crippen LogP contribution in [-0.2, 0) is 0 Å². The summed E-state index contributed by atoms with van der Waals surface area (Å²) in [6.07, 6.45) is 5.04. The highest BCUT2D eigenvalue weighted by atomic mass is 35.5. The minimum atomic E-state index is 0.465. The van der Waals surface area contributed by atoms with Gasteiger partial charge in [-0.25, -0.2) is 4.98 Å². The van der Waals surface area contributed by atoms with E-state index in [1.807, 2.05) is 12.1 Å². The van der Waals surface area contributed by atoms with Gasteiger partial charge in [0, 0.05) is 0 Å². The first-order valence-electron chi connectivity index (χ1n) is 3.13. The highest BCUT2D eigenvalue weighted by molar-refractivity contribution is 6.29. The van der Waals surface area contributed by atoms with Gasteiger partial charge < -0.3 is 5.32 Å². The normalized spacial score (nSPS) is 8.73. The maximum atomic E-state index is 5.62. The fraction of sp³-hybridized carbons (Fsp3) is 0.125. The summed E-state index contributed by atoms with van der Waals surface area (Å²) >= 11 is 5.62. The summed E-state index contributed by atoms with van der Waals surface area (Å²) < 4.78 is 0. The Bertz CT molecular complexity index is 278. The topological polar surface area (TPSA) is 24.9 Å². The van der Waals surface area contributed by atoms with Crippen LogP contribution in [0.5, 0.6) is 0 Å². The summed E-state index contributed by atoms with van der Waals surface area (Å²) in [5, 5.41) is 3.37. The monoisotopic (exact) mass is 166 g/mol. The Hall–Kier alpha value is -1.20. The summed E-state index contributed by atoms with van der Waals surface area (Å²) in [4.78, 5) is 3.97. The summed E-state index contributed by atoms with van der Waals surface area (Å²) in [6.45, 7) is 0.466. The third-order valence-corrected chi connectivity index (χ3v) is 1.30. The average Bonchev–Trinajstić information content (AvgIpc) is 2.01. The molecular weight excluding hydrogens is 160 g/mol. The van der Waals surface area contributed by atoms with Gasteiger partial charge >= 0.3 is 0 Å². The number of nitrogens with zero attached hydrogens (tertiary/aromatic N) is 1. The molecule has 0 atom stereocenters. The maximum absolute atomic E-state index is 5.62. The van der Waals surface area contributed by atoms with Crippen LogP contribution in [0.3, 0.4) is 0 Å². The van der Waals surface area contributed by atoms with Crippen LogP contribution >= 0.6 is 11.6 Å². The first-order chi connectivity index (χ1) is 5.33. The van der Waals surface area contributed by atoms with E-state index in [1.54, 1.807) is 6.07 Å². The first-order valence-corrected chi connectivity index (χ1v) is 3.50. The van der Waals surface area contributed by atoms with E-state index in [4.69, 9.17) is 18.0 Å². The van der Waals surface area contributed by atoms with E-state index in [-0.39, 0.29) is 0 Å². The molecule has 0 aliphatic carbocycles. The van der Waals surface area contributed by atoms with Crippen LogP contribution in [0.4, 0.5) is 5.82 Å². The molecule has 56 valence electrons. The van der Waals surface area contributed by atoms with Crippen LogP contribution in [0, 0.1) is 12.3 Å². The number of halogens is 1. The molecule has 11 heavy (non-hydrogen) atoms. The van der Waals surface area contributed by atoms with Crippen LogP contribution in [0.1, 0.15) is 0 Å². The molecule has 1 rings (SSSR count). The molecule has 0 aromatic carbocycles. The van der Waals surface area contributed by atoms with E-state index in [0.717, 1.165) is 0 Å². The van der Waals surface area contributed by atoms with E-state index in [2.05, 4.69) is 16.2 Å². The van der Waals surface area contributed by atoms with E-state index in [9.17, 15) is 0 Å². The number of terminal acetylenes is 1. The van der Waals surface area contributed by atoms with Gasteiger partial charge in [0.1, 0.15) is 11.0 Å². The molecule has 1 aromatic heterocycles. The largest absolute Gasteiger partial charge is 0.359 e. The lowest BCUT2D eigenvalue weighted by atomic mass is 10.4. The highest BCUT2D eigenvalue weighted by Crippen LogP contribution is 2.08. The van der Waals surface area contributed by atoms with Gasteiger partial charge in [0.05, 0.1) is 6.54 Å². The second-order valence-corrected chi connectivity index (χ2v) is 2.29. The van der Waals surface area contributed by atoms with E-state index >= 15 is 0 Å². The van der Waals surface area contributed by atoms with Crippen LogP contribution in [0.15, 0.2) is 18.2 Å². The molecule has 1 aromatic rings. The van der Waals surface area contributed by atoms with Crippen molar-refractivity contribution in [2.75, 3.05) is 11.9 Å². The van der Waals surface area contributed by atoms with Crippen LogP contribution in [0.2, 0.25) is 5.15 Å². The molecule has 0 radical (unpaired) electrons. The minimum absolute atomic E-state index is 0.465. The van der Waals surface area contributed by atoms with Gasteiger partial charge in [0.15, 0.2) is 0 Å². The molecule has 0 fully saturated rings. The number of anilines is 1. The summed E-state index contributed by atoms with van der Waals surface area (Å²) in [7, 11) is 0. The van der Waals surface area contributed by atoms with E-state index in [1.165, 1.54) is 0 Å². The van der Waals surface area contributed by atoms with Gasteiger partial charge in [0.2, 0.25) is 0 Å². The van der Waals surface area contributed by atoms with Crippen molar-refractivity contribution in [2.24, 2.45) is 0 Å². The van der Waals surface area contributed by atoms with Crippen molar-refractivity contribution in [3.05, 3.63) is 23.4 Å². The molecule has 0 aliphatic rings. The quantitative estimate of drug-likeness (QED) is 0.535. The van der Waals surface area contributed by atoms with Crippen molar-refractivity contribution in [3.8, 4) is 12.3 Å². The SMILES string of the molecule is C#CCNc1cccc(Cl)n1. The standard InChI is InChI=1S/C8H7ClN2/c1-2-6-10-8-5-3-4-7(9)11-8/h1,3-5H,6H2,(H,10,11). The van der Waals surface area contributed by atoms with Crippen molar-refractivity contribution in [2.45, 2.75) is 0 Å². The van der Waals surface area contributed by atoms with Gasteiger partial charge in [-0.1, -0.05) is 23.6 Å². The maximum Gasteiger partial charge on any atom is 0.131 e. The molecule has 0 saturated heterocycles. The Morgan fingerprint density at radius 1 is 1.64 bits per heavy atom. The highest BCUT2D eigenvalue weighted by Gasteiger charge is 1.91. The van der Waals surface area contributed by atoms with Crippen LogP contribution in [0.25, 0.3) is 0 Å². The predicted molar refractivity (Wildman–Crippen MR) is 46.6 cm³/mol. The summed E-state index contributed by atoms with van der Waals surface area (Å²) in [5.74, 6) is 3.15. The van der Waals surface area contributed by atoms with Gasteiger partial charge in [-0.05, 0) is 12.1 Å². The molecular formula is C8H7ClN2. The van der Waals surface area contributed by atoms with Gasteiger partial charge in [-0.2, -0.15) is 0 Å². The zero-order valence-corrected chi connectivity index (χ0v) is 6.60. The molecule has 0 aliphatic heterocycles. The summed E-state index contributed by atoms with van der Waals surface area (Å²) in [5.41, 5.74) is 0. The molecule has 0 unspecified atom stereocenters. The van der Waals surface area contributed by atoms with Crippen molar-refractivity contribution < 1.29 is 0 Å². The molecule has 0 spiro atoms. The number of aromatic nitrogens is 1. The van der Waals surface area contributed by atoms with Gasteiger partial charge in [-0.3, -0.25) is 0 Å². The third-order valence-electron chi connectivity index (χ3n) is 1.09. The van der Waals surface area contributed by atoms with Crippen LogP contribution in [-0.4, -0.2) is 11.5 Å². The van der Waals surface area contributed by atoms with Gasteiger partial charge in [0.25, 0.3) is 0 Å². The number of hydrogen-bond donors (Lipinski definition) is 1. The Morgan fingerprint density at radius 3 is 3.09 bits per heavy atom. The Morgan fingerprint density at radius 2 is 2.45 bits per heavy atom. The molecule has 2 nitrogen and oxygen atoms in total. The number of nitrogens with one attached hydrogen (secondary N) is 1. The lowest BCUT2D eigenvalue weighted by Crippen LogP contribution is -1.99. The lowest BCUT2D eigenvalue weighted by Gasteiger charge is -1.99. The van der Waals surface area contributed by atoms with Crippen molar-refractivity contribution in [3.63, 3.8) is 0 Å². The number of rotatable bonds is 2. The minimum Gasteiger partial charge on any atom is -0.359 e. The smallest absolute Gasteiger partial charge is 0.131 e. The molecule has 0 saturated carbocycles. The van der Waals surface area contributed by atoms with Crippen molar-refractivity contribution in [1.29, 1.82) is 0 Å². The lowest BCUT2D eigenvalue weighted by molar-refractivity contribution is 1.25. The van der Waals surface area contributed by atoms with E-state index in [0.29, 0.717) is 17.5 Å². The summed E-state index contributed by atoms with van der Waals surface area (Å²) in [6, 6.07) is 5.33. The fourth-order valence-corrected chi connectivity index (χ4v) is 0.812. The second kappa shape index (κ2) is 3.85. The van der Waals surface area contributed by atoms with Crippen molar-refractivity contribution in [1.82, 2.24) is 4.98 Å². The fourth-order valence-electron chi connectivity index (χ4n) is 0.648. The first kappa shape index (κ1) is 7.90. The Balaban J connectivity index is 2.65. The molecule has 0 bridgehead atoms. The number of hydrogen-bond acceptors (Lipinski definition) is 2. The molecule has 3 heteroatoms. The molecule has 1 N–H and O–H groups in total. The van der Waals surface area contributed by atoms with E-state index < -0.39 is 0 Å².